The average molecular weight is 190 g/mol. The van der Waals surface area contributed by atoms with Crippen LogP contribution in [0.2, 0.25) is 0 Å². The van der Waals surface area contributed by atoms with Gasteiger partial charge in [0.25, 0.3) is 0 Å². The normalized spacial score (nSPS) is 14.4. The van der Waals surface area contributed by atoms with Crippen LogP contribution in [0, 0.1) is 5.92 Å². The van der Waals surface area contributed by atoms with Gasteiger partial charge in [0.2, 0.25) is 0 Å². The first kappa shape index (κ1) is 14.9. The molecule has 0 radical (unpaired) electrons. The van der Waals surface area contributed by atoms with Gasteiger partial charge in [-0.1, -0.05) is 20.3 Å². The van der Waals surface area contributed by atoms with Gasteiger partial charge in [-0.05, 0) is 27.1 Å². The van der Waals surface area contributed by atoms with Crippen molar-refractivity contribution >= 4 is 5.97 Å². The van der Waals surface area contributed by atoms with E-state index in [-0.39, 0.29) is 5.92 Å². The minimum absolute atomic E-state index is 0.0718. The van der Waals surface area contributed by atoms with Crippen LogP contribution in [-0.4, -0.2) is 43.2 Å². The van der Waals surface area contributed by atoms with Crippen LogP contribution in [0.4, 0.5) is 0 Å². The Morgan fingerprint density at radius 1 is 1.46 bits per heavy atom. The third kappa shape index (κ3) is 11.4. The molecule has 80 valence electrons. The second-order valence-electron chi connectivity index (χ2n) is 3.59. The average Bonchev–Trinajstić information content (AvgIpc) is 2.00. The van der Waals surface area contributed by atoms with Crippen LogP contribution in [0.15, 0.2) is 0 Å². The zero-order chi connectivity index (χ0) is 11.0. The zero-order valence-electron chi connectivity index (χ0n) is 9.24. The number of rotatable bonds is 3. The third-order valence-corrected chi connectivity index (χ3v) is 1.54. The van der Waals surface area contributed by atoms with Crippen LogP contribution in [0.5, 0.6) is 0 Å². The first-order valence-electron chi connectivity index (χ1n) is 4.42. The molecule has 13 heavy (non-hydrogen) atoms. The minimum atomic E-state index is -0.913. The Kier molecular flexibility index (Phi) is 9.17. The number of hydrogen-bond donors (Lipinski definition) is 2. The smallest absolute Gasteiger partial charge is 0.320 e. The highest BCUT2D eigenvalue weighted by Gasteiger charge is 2.17. The summed E-state index contributed by atoms with van der Waals surface area (Å²) in [7, 11) is 6.00. The summed E-state index contributed by atoms with van der Waals surface area (Å²) in [6.07, 6.45) is 0.813. The second-order valence-corrected chi connectivity index (χ2v) is 3.59. The Labute approximate surface area is 80.7 Å². The highest BCUT2D eigenvalue weighted by molar-refractivity contribution is 5.73. The van der Waals surface area contributed by atoms with E-state index in [2.05, 4.69) is 0 Å². The lowest BCUT2D eigenvalue weighted by Gasteiger charge is -2.11. The van der Waals surface area contributed by atoms with Gasteiger partial charge in [-0.25, -0.2) is 0 Å². The summed E-state index contributed by atoms with van der Waals surface area (Å²) in [5.41, 5.74) is 5.27. The molecular weight excluding hydrogens is 168 g/mol. The van der Waals surface area contributed by atoms with E-state index in [0.29, 0.717) is 0 Å². The van der Waals surface area contributed by atoms with Gasteiger partial charge in [0.15, 0.2) is 0 Å². The molecule has 0 amide bonds. The summed E-state index contributed by atoms with van der Waals surface area (Å²) >= 11 is 0. The summed E-state index contributed by atoms with van der Waals surface area (Å²) in [5.74, 6) is -0.841. The summed E-state index contributed by atoms with van der Waals surface area (Å²) < 4.78 is 0. The van der Waals surface area contributed by atoms with Crippen LogP contribution in [-0.2, 0) is 4.79 Å². The second kappa shape index (κ2) is 8.01. The Hall–Kier alpha value is -0.610. The lowest BCUT2D eigenvalue weighted by atomic mass is 10.0. The van der Waals surface area contributed by atoms with E-state index < -0.39 is 12.0 Å². The van der Waals surface area contributed by atoms with Crippen LogP contribution < -0.4 is 5.73 Å². The molecule has 0 rings (SSSR count). The number of nitrogens with two attached hydrogens (primary N) is 1. The van der Waals surface area contributed by atoms with Crippen molar-refractivity contribution in [2.24, 2.45) is 11.7 Å². The predicted octanol–water partition coefficient (Wildman–Crippen LogP) is 0.622. The Balaban J connectivity index is 0. The zero-order valence-corrected chi connectivity index (χ0v) is 9.24. The van der Waals surface area contributed by atoms with E-state index in [1.807, 2.05) is 39.9 Å². The first-order chi connectivity index (χ1) is 5.82. The summed E-state index contributed by atoms with van der Waals surface area (Å²) in [6.45, 7) is 3.76. The predicted molar refractivity (Wildman–Crippen MR) is 54.7 cm³/mol. The molecule has 0 saturated carbocycles. The van der Waals surface area contributed by atoms with Crippen molar-refractivity contribution in [3.05, 3.63) is 0 Å². The molecule has 0 unspecified atom stereocenters. The molecule has 0 aliphatic heterocycles. The fourth-order valence-corrected chi connectivity index (χ4v) is 0.497. The van der Waals surface area contributed by atoms with Crippen molar-refractivity contribution in [2.45, 2.75) is 26.3 Å². The van der Waals surface area contributed by atoms with Gasteiger partial charge in [-0.2, -0.15) is 0 Å². The van der Waals surface area contributed by atoms with Gasteiger partial charge in [-0.15, -0.1) is 0 Å². The SMILES string of the molecule is CC[C@H](C)[C@H](N)C(=O)O.CN(C)C. The maximum absolute atomic E-state index is 10.2. The van der Waals surface area contributed by atoms with Gasteiger partial charge in [0.1, 0.15) is 6.04 Å². The monoisotopic (exact) mass is 190 g/mol. The summed E-state index contributed by atoms with van der Waals surface area (Å²) in [5, 5.41) is 8.36. The molecule has 0 heterocycles. The topological polar surface area (TPSA) is 66.6 Å². The van der Waals surface area contributed by atoms with Crippen LogP contribution in [0.3, 0.4) is 0 Å². The van der Waals surface area contributed by atoms with Gasteiger partial charge in [-0.3, -0.25) is 4.79 Å². The molecule has 0 aromatic carbocycles. The summed E-state index contributed by atoms with van der Waals surface area (Å²) in [6, 6.07) is -0.699. The van der Waals surface area contributed by atoms with E-state index in [9.17, 15) is 4.79 Å². The molecule has 4 heteroatoms. The molecule has 2 atom stereocenters. The van der Waals surface area contributed by atoms with Crippen LogP contribution in [0.25, 0.3) is 0 Å². The van der Waals surface area contributed by atoms with Crippen molar-refractivity contribution < 1.29 is 9.90 Å². The molecule has 0 aromatic heterocycles. The van der Waals surface area contributed by atoms with Crippen molar-refractivity contribution in [2.75, 3.05) is 21.1 Å². The largest absolute Gasteiger partial charge is 0.480 e. The van der Waals surface area contributed by atoms with Crippen LogP contribution in [0.1, 0.15) is 20.3 Å². The first-order valence-corrected chi connectivity index (χ1v) is 4.42. The number of carboxylic acids is 1. The van der Waals surface area contributed by atoms with Gasteiger partial charge in [0, 0.05) is 0 Å². The lowest BCUT2D eigenvalue weighted by Crippen LogP contribution is -2.36. The third-order valence-electron chi connectivity index (χ3n) is 1.54. The van der Waals surface area contributed by atoms with Crippen molar-refractivity contribution in [3.8, 4) is 0 Å². The number of hydrogen-bond acceptors (Lipinski definition) is 3. The van der Waals surface area contributed by atoms with E-state index in [1.54, 1.807) is 0 Å². The van der Waals surface area contributed by atoms with E-state index in [1.165, 1.54) is 0 Å². The van der Waals surface area contributed by atoms with E-state index in [0.717, 1.165) is 6.42 Å². The molecule has 0 aromatic rings. The van der Waals surface area contributed by atoms with Crippen molar-refractivity contribution in [3.63, 3.8) is 0 Å². The molecule has 0 fully saturated rings. The highest BCUT2D eigenvalue weighted by atomic mass is 16.4. The van der Waals surface area contributed by atoms with Crippen molar-refractivity contribution in [1.82, 2.24) is 4.90 Å². The standard InChI is InChI=1S/C6H13NO2.C3H9N/c1-3-4(2)5(7)6(8)9;1-4(2)3/h4-5H,3,7H2,1-2H3,(H,8,9);1-3H3/t4-,5-;/m0./s1. The Morgan fingerprint density at radius 2 is 1.77 bits per heavy atom. The fraction of sp³-hybridized carbons (Fsp3) is 0.889. The Bertz CT molecular complexity index is 135. The van der Waals surface area contributed by atoms with Gasteiger partial charge >= 0.3 is 5.97 Å². The quantitative estimate of drug-likeness (QED) is 0.684. The molecule has 0 aliphatic carbocycles. The molecule has 0 aliphatic rings. The maximum atomic E-state index is 10.2. The molecular formula is C9H22N2O2. The fourth-order valence-electron chi connectivity index (χ4n) is 0.497. The number of nitrogens with zero attached hydrogens (tertiary/aromatic N) is 1. The minimum Gasteiger partial charge on any atom is -0.480 e. The molecule has 3 N–H and O–H groups in total. The molecule has 0 bridgehead atoms. The molecule has 4 nitrogen and oxygen atoms in total. The summed E-state index contributed by atoms with van der Waals surface area (Å²) in [4.78, 5) is 12.2. The molecule has 0 saturated heterocycles. The van der Waals surface area contributed by atoms with Gasteiger partial charge < -0.3 is 15.7 Å². The van der Waals surface area contributed by atoms with Crippen molar-refractivity contribution in [1.29, 1.82) is 0 Å². The number of aliphatic carboxylic acids is 1. The van der Waals surface area contributed by atoms with E-state index in [4.69, 9.17) is 10.8 Å². The number of carbonyl (C=O) groups is 1. The Morgan fingerprint density at radius 3 is 1.85 bits per heavy atom. The van der Waals surface area contributed by atoms with Gasteiger partial charge in [0.05, 0.1) is 0 Å². The lowest BCUT2D eigenvalue weighted by molar-refractivity contribution is -0.139. The molecule has 0 spiro atoms. The van der Waals surface area contributed by atoms with Crippen LogP contribution >= 0.6 is 0 Å². The maximum Gasteiger partial charge on any atom is 0.320 e. The highest BCUT2D eigenvalue weighted by Crippen LogP contribution is 2.04. The van der Waals surface area contributed by atoms with E-state index >= 15 is 0 Å². The number of carboxylic acid groups (broad SMARTS) is 1.